The van der Waals surface area contributed by atoms with Crippen molar-refractivity contribution in [3.63, 3.8) is 0 Å². The van der Waals surface area contributed by atoms with Crippen molar-refractivity contribution in [2.45, 2.75) is 13.8 Å². The lowest BCUT2D eigenvalue weighted by atomic mass is 10.2. The summed E-state index contributed by atoms with van der Waals surface area (Å²) in [6.45, 7) is 4.04. The van der Waals surface area contributed by atoms with Crippen molar-refractivity contribution in [1.82, 2.24) is 19.3 Å². The molecule has 124 valence electrons. The van der Waals surface area contributed by atoms with E-state index in [-0.39, 0.29) is 5.97 Å². The fraction of sp³-hybridized carbons (Fsp3) is 0.235. The molecule has 3 heterocycles. The Morgan fingerprint density at radius 3 is 3.00 bits per heavy atom. The first-order chi connectivity index (χ1) is 11.5. The summed E-state index contributed by atoms with van der Waals surface area (Å²) in [5.74, 6) is 0.476. The molecule has 7 heteroatoms. The highest BCUT2D eigenvalue weighted by atomic mass is 79.9. The summed E-state index contributed by atoms with van der Waals surface area (Å²) >= 11 is 3.43. The molecule has 0 aliphatic carbocycles. The maximum absolute atomic E-state index is 11.6. The second kappa shape index (κ2) is 6.60. The van der Waals surface area contributed by atoms with Gasteiger partial charge in [-0.3, -0.25) is 9.25 Å². The van der Waals surface area contributed by atoms with Gasteiger partial charge < -0.3 is 4.74 Å². The molecule has 24 heavy (non-hydrogen) atoms. The highest BCUT2D eigenvalue weighted by Crippen LogP contribution is 2.25. The van der Waals surface area contributed by atoms with E-state index in [1.807, 2.05) is 36.9 Å². The maximum atomic E-state index is 11.6. The summed E-state index contributed by atoms with van der Waals surface area (Å²) in [4.78, 5) is 16.1. The predicted octanol–water partition coefficient (Wildman–Crippen LogP) is 3.41. The van der Waals surface area contributed by atoms with E-state index in [0.29, 0.717) is 6.61 Å². The van der Waals surface area contributed by atoms with Gasteiger partial charge in [0.05, 0.1) is 12.3 Å². The molecule has 0 aliphatic heterocycles. The third-order valence-corrected chi connectivity index (χ3v) is 4.06. The molecule has 0 radical (unpaired) electrons. The van der Waals surface area contributed by atoms with Gasteiger partial charge in [-0.2, -0.15) is 5.10 Å². The highest BCUT2D eigenvalue weighted by molar-refractivity contribution is 9.10. The van der Waals surface area contributed by atoms with E-state index in [9.17, 15) is 4.79 Å². The van der Waals surface area contributed by atoms with Crippen LogP contribution in [-0.2, 0) is 16.6 Å². The van der Waals surface area contributed by atoms with Gasteiger partial charge in [0, 0.05) is 40.9 Å². The third-order valence-electron chi connectivity index (χ3n) is 3.63. The van der Waals surface area contributed by atoms with E-state index in [4.69, 9.17) is 4.74 Å². The van der Waals surface area contributed by atoms with Crippen LogP contribution in [0.2, 0.25) is 0 Å². The SMILES string of the molecule is CCOC(=O)C=Cc1c(C)nn(C)c1-n1ccc2cc(Br)cnc21. The van der Waals surface area contributed by atoms with E-state index in [1.54, 1.807) is 23.9 Å². The Hall–Kier alpha value is -2.41. The van der Waals surface area contributed by atoms with Gasteiger partial charge in [-0.15, -0.1) is 0 Å². The minimum atomic E-state index is -0.369. The Bertz CT molecular complexity index is 940. The summed E-state index contributed by atoms with van der Waals surface area (Å²) in [6, 6.07) is 4.00. The monoisotopic (exact) mass is 388 g/mol. The number of pyridine rings is 1. The number of rotatable bonds is 4. The Kier molecular flexibility index (Phi) is 4.53. The number of aryl methyl sites for hydroxylation is 2. The summed E-state index contributed by atoms with van der Waals surface area (Å²) in [5.41, 5.74) is 2.51. The fourth-order valence-electron chi connectivity index (χ4n) is 2.65. The molecule has 0 saturated heterocycles. The van der Waals surface area contributed by atoms with Gasteiger partial charge in [-0.1, -0.05) is 0 Å². The minimum Gasteiger partial charge on any atom is -0.463 e. The lowest BCUT2D eigenvalue weighted by Crippen LogP contribution is -2.04. The zero-order valence-electron chi connectivity index (χ0n) is 13.7. The van der Waals surface area contributed by atoms with Crippen molar-refractivity contribution in [2.75, 3.05) is 6.61 Å². The number of hydrogen-bond donors (Lipinski definition) is 0. The van der Waals surface area contributed by atoms with Gasteiger partial charge in [0.15, 0.2) is 0 Å². The van der Waals surface area contributed by atoms with Crippen molar-refractivity contribution in [3.8, 4) is 5.82 Å². The number of halogens is 1. The van der Waals surface area contributed by atoms with Crippen LogP contribution in [0, 0.1) is 6.92 Å². The number of aromatic nitrogens is 4. The molecule has 0 amide bonds. The molecule has 0 spiro atoms. The van der Waals surface area contributed by atoms with Crippen LogP contribution in [0.5, 0.6) is 0 Å². The Balaban J connectivity index is 2.12. The quantitative estimate of drug-likeness (QED) is 0.507. The van der Waals surface area contributed by atoms with Gasteiger partial charge in [0.25, 0.3) is 0 Å². The van der Waals surface area contributed by atoms with Crippen molar-refractivity contribution in [2.24, 2.45) is 7.05 Å². The predicted molar refractivity (Wildman–Crippen MR) is 95.9 cm³/mol. The first-order valence-electron chi connectivity index (χ1n) is 7.52. The number of hydrogen-bond acceptors (Lipinski definition) is 4. The Morgan fingerprint density at radius 2 is 2.25 bits per heavy atom. The molecule has 6 nitrogen and oxygen atoms in total. The average Bonchev–Trinajstić information content (AvgIpc) is 3.05. The first kappa shape index (κ1) is 16.4. The van der Waals surface area contributed by atoms with Crippen molar-refractivity contribution >= 4 is 39.0 Å². The topological polar surface area (TPSA) is 61.9 Å². The Morgan fingerprint density at radius 1 is 1.46 bits per heavy atom. The van der Waals surface area contributed by atoms with Crippen molar-refractivity contribution in [1.29, 1.82) is 0 Å². The first-order valence-corrected chi connectivity index (χ1v) is 8.32. The van der Waals surface area contributed by atoms with Gasteiger partial charge >= 0.3 is 5.97 Å². The molecule has 0 fully saturated rings. The van der Waals surface area contributed by atoms with Gasteiger partial charge in [-0.05, 0) is 48.0 Å². The van der Waals surface area contributed by atoms with E-state index in [1.165, 1.54) is 6.08 Å². The number of carbonyl (C=O) groups is 1. The van der Waals surface area contributed by atoms with E-state index in [2.05, 4.69) is 26.0 Å². The van der Waals surface area contributed by atoms with Gasteiger partial charge in [0.2, 0.25) is 0 Å². The van der Waals surface area contributed by atoms with Crippen LogP contribution in [0.25, 0.3) is 22.9 Å². The molecule has 0 atom stereocenters. The number of ether oxygens (including phenoxy) is 1. The van der Waals surface area contributed by atoms with E-state index >= 15 is 0 Å². The zero-order valence-corrected chi connectivity index (χ0v) is 15.2. The standard InChI is InChI=1S/C17H17BrN4O2/c1-4-24-15(23)6-5-14-11(2)20-21(3)17(14)22-8-7-12-9-13(18)10-19-16(12)22/h5-10H,4H2,1-3H3. The van der Waals surface area contributed by atoms with E-state index in [0.717, 1.165) is 32.6 Å². The molecule has 0 saturated carbocycles. The van der Waals surface area contributed by atoms with Crippen LogP contribution in [0.3, 0.4) is 0 Å². The lowest BCUT2D eigenvalue weighted by molar-refractivity contribution is -0.137. The molecule has 0 aliphatic rings. The lowest BCUT2D eigenvalue weighted by Gasteiger charge is -2.07. The number of nitrogens with zero attached hydrogens (tertiary/aromatic N) is 4. The minimum absolute atomic E-state index is 0.350. The summed E-state index contributed by atoms with van der Waals surface area (Å²) < 4.78 is 9.62. The molecular formula is C17H17BrN4O2. The molecule has 3 aromatic rings. The van der Waals surface area contributed by atoms with E-state index < -0.39 is 0 Å². The van der Waals surface area contributed by atoms with Crippen LogP contribution in [0.15, 0.2) is 35.1 Å². The van der Waals surface area contributed by atoms with Crippen molar-refractivity contribution < 1.29 is 9.53 Å². The highest BCUT2D eigenvalue weighted by Gasteiger charge is 2.16. The van der Waals surface area contributed by atoms with Crippen molar-refractivity contribution in [3.05, 3.63) is 46.3 Å². The largest absolute Gasteiger partial charge is 0.463 e. The molecule has 0 unspecified atom stereocenters. The van der Waals surface area contributed by atoms with Crippen LogP contribution in [-0.4, -0.2) is 31.9 Å². The number of carbonyl (C=O) groups excluding carboxylic acids is 1. The van der Waals surface area contributed by atoms with Crippen LogP contribution < -0.4 is 0 Å². The van der Waals surface area contributed by atoms with Gasteiger partial charge in [-0.25, -0.2) is 9.78 Å². The molecule has 0 bridgehead atoms. The van der Waals surface area contributed by atoms with Crippen LogP contribution >= 0.6 is 15.9 Å². The molecule has 3 aromatic heterocycles. The summed E-state index contributed by atoms with van der Waals surface area (Å²) in [7, 11) is 1.87. The second-order valence-electron chi connectivity index (χ2n) is 5.28. The normalized spacial score (nSPS) is 11.5. The third kappa shape index (κ3) is 2.99. The average molecular weight is 389 g/mol. The smallest absolute Gasteiger partial charge is 0.330 e. The number of fused-ring (bicyclic) bond motifs is 1. The summed E-state index contributed by atoms with van der Waals surface area (Å²) in [5, 5.41) is 5.49. The maximum Gasteiger partial charge on any atom is 0.330 e. The molecule has 0 N–H and O–H groups in total. The van der Waals surface area contributed by atoms with Gasteiger partial charge in [0.1, 0.15) is 11.5 Å². The number of esters is 1. The molecule has 3 rings (SSSR count). The van der Waals surface area contributed by atoms with Crippen LogP contribution in [0.4, 0.5) is 0 Å². The zero-order chi connectivity index (χ0) is 17.3. The second-order valence-corrected chi connectivity index (χ2v) is 6.20. The molecular weight excluding hydrogens is 372 g/mol. The molecule has 0 aromatic carbocycles. The summed E-state index contributed by atoms with van der Waals surface area (Å²) in [6.07, 6.45) is 6.87. The van der Waals surface area contributed by atoms with Crippen LogP contribution in [0.1, 0.15) is 18.2 Å². The Labute approximate surface area is 147 Å². The fourth-order valence-corrected chi connectivity index (χ4v) is 3.00.